The van der Waals surface area contributed by atoms with E-state index < -0.39 is 0 Å². The molecule has 1 unspecified atom stereocenters. The van der Waals surface area contributed by atoms with E-state index in [-0.39, 0.29) is 11.6 Å². The predicted molar refractivity (Wildman–Crippen MR) is 90.4 cm³/mol. The molecule has 1 aromatic carbocycles. The summed E-state index contributed by atoms with van der Waals surface area (Å²) in [4.78, 5) is 2.49. The second-order valence-electron chi connectivity index (χ2n) is 6.17. The molecule has 1 atom stereocenters. The lowest BCUT2D eigenvalue weighted by atomic mass is 9.90. The normalized spacial score (nSPS) is 19.3. The molecule has 1 aliphatic heterocycles. The van der Waals surface area contributed by atoms with Gasteiger partial charge in [-0.3, -0.25) is 0 Å². The van der Waals surface area contributed by atoms with E-state index in [2.05, 4.69) is 62.2 Å². The summed E-state index contributed by atoms with van der Waals surface area (Å²) in [5.74, 6) is 0.985. The second-order valence-corrected chi connectivity index (χ2v) is 6.17. The maximum Gasteiger partial charge on any atom is 0.121 e. The maximum atomic E-state index is 5.96. The molecule has 2 rings (SSSR count). The zero-order chi connectivity index (χ0) is 15.3. The van der Waals surface area contributed by atoms with Crippen molar-refractivity contribution in [1.29, 1.82) is 0 Å². The average molecular weight is 290 g/mol. The molecule has 1 aliphatic rings. The van der Waals surface area contributed by atoms with Gasteiger partial charge in [0.1, 0.15) is 5.75 Å². The van der Waals surface area contributed by atoms with E-state index in [4.69, 9.17) is 4.74 Å². The van der Waals surface area contributed by atoms with Crippen LogP contribution in [0.1, 0.15) is 47.0 Å². The minimum absolute atomic E-state index is 0.256. The smallest absolute Gasteiger partial charge is 0.121 e. The quantitative estimate of drug-likeness (QED) is 0.861. The number of rotatable bonds is 6. The molecule has 3 nitrogen and oxygen atoms in total. The van der Waals surface area contributed by atoms with Gasteiger partial charge in [0.2, 0.25) is 0 Å². The number of hydrogen-bond donors (Lipinski definition) is 1. The number of benzene rings is 1. The summed E-state index contributed by atoms with van der Waals surface area (Å²) in [6.45, 7) is 12.0. The third-order valence-electron chi connectivity index (χ3n) is 4.82. The molecule has 0 radical (unpaired) electrons. The van der Waals surface area contributed by atoms with Gasteiger partial charge in [-0.25, -0.2) is 0 Å². The Labute approximate surface area is 129 Å². The van der Waals surface area contributed by atoms with Gasteiger partial charge in [0.25, 0.3) is 0 Å². The Morgan fingerprint density at radius 1 is 1.29 bits per heavy atom. The molecule has 0 amide bonds. The zero-order valence-electron chi connectivity index (χ0n) is 14.0. The lowest BCUT2D eigenvalue weighted by molar-refractivity contribution is 0.217. The summed E-state index contributed by atoms with van der Waals surface area (Å²) in [5, 5.41) is 3.71. The fourth-order valence-corrected chi connectivity index (χ4v) is 2.97. The number of anilines is 1. The van der Waals surface area contributed by atoms with Gasteiger partial charge in [-0.15, -0.1) is 0 Å². The van der Waals surface area contributed by atoms with Gasteiger partial charge in [-0.2, -0.15) is 0 Å². The van der Waals surface area contributed by atoms with Crippen LogP contribution in [0.15, 0.2) is 24.3 Å². The fraction of sp³-hybridized carbons (Fsp3) is 0.667. The molecular weight excluding hydrogens is 260 g/mol. The summed E-state index contributed by atoms with van der Waals surface area (Å²) in [6.07, 6.45) is 3.65. The molecule has 1 heterocycles. The summed E-state index contributed by atoms with van der Waals surface area (Å²) < 4.78 is 5.96. The first kappa shape index (κ1) is 16.2. The summed E-state index contributed by atoms with van der Waals surface area (Å²) in [6, 6.07) is 8.55. The van der Waals surface area contributed by atoms with Crippen LogP contribution in [0.4, 0.5) is 5.69 Å². The van der Waals surface area contributed by atoms with Crippen molar-refractivity contribution in [3.05, 3.63) is 24.3 Å². The maximum absolute atomic E-state index is 5.96. The fourth-order valence-electron chi connectivity index (χ4n) is 2.97. The first-order chi connectivity index (χ1) is 10.1. The molecule has 0 bridgehead atoms. The Morgan fingerprint density at radius 3 is 2.71 bits per heavy atom. The van der Waals surface area contributed by atoms with Crippen molar-refractivity contribution in [2.24, 2.45) is 0 Å². The highest BCUT2D eigenvalue weighted by Crippen LogP contribution is 2.27. The largest absolute Gasteiger partial charge is 0.491 e. The van der Waals surface area contributed by atoms with Crippen molar-refractivity contribution >= 4 is 5.69 Å². The van der Waals surface area contributed by atoms with Crippen molar-refractivity contribution in [3.8, 4) is 5.75 Å². The Hall–Kier alpha value is -1.22. The summed E-state index contributed by atoms with van der Waals surface area (Å²) in [5.41, 5.74) is 1.54. The molecule has 1 aromatic rings. The first-order valence-electron chi connectivity index (χ1n) is 8.39. The van der Waals surface area contributed by atoms with Crippen molar-refractivity contribution < 1.29 is 4.74 Å². The predicted octanol–water partition coefficient (Wildman–Crippen LogP) is 3.83. The van der Waals surface area contributed by atoms with Crippen LogP contribution in [0, 0.1) is 0 Å². The van der Waals surface area contributed by atoms with Gasteiger partial charge >= 0.3 is 0 Å². The third kappa shape index (κ3) is 3.91. The van der Waals surface area contributed by atoms with Crippen LogP contribution in [-0.2, 0) is 0 Å². The van der Waals surface area contributed by atoms with E-state index in [0.717, 1.165) is 31.8 Å². The number of nitrogens with zero attached hydrogens (tertiary/aromatic N) is 1. The van der Waals surface area contributed by atoms with E-state index in [1.54, 1.807) is 0 Å². The molecule has 1 saturated heterocycles. The molecule has 118 valence electrons. The number of piperazine rings is 1. The van der Waals surface area contributed by atoms with Crippen molar-refractivity contribution in [2.75, 3.05) is 24.5 Å². The van der Waals surface area contributed by atoms with Gasteiger partial charge in [0.05, 0.1) is 6.10 Å². The zero-order valence-corrected chi connectivity index (χ0v) is 14.0. The topological polar surface area (TPSA) is 24.5 Å². The Kier molecular flexibility index (Phi) is 5.51. The van der Waals surface area contributed by atoms with Crippen molar-refractivity contribution in [3.63, 3.8) is 0 Å². The highest BCUT2D eigenvalue weighted by Gasteiger charge is 2.31. The van der Waals surface area contributed by atoms with Crippen molar-refractivity contribution in [1.82, 2.24) is 5.32 Å². The monoisotopic (exact) mass is 290 g/mol. The van der Waals surface area contributed by atoms with Gasteiger partial charge in [0, 0.05) is 36.9 Å². The molecule has 3 heteroatoms. The van der Waals surface area contributed by atoms with E-state index in [1.807, 2.05) is 0 Å². The van der Waals surface area contributed by atoms with Crippen LogP contribution in [-0.4, -0.2) is 31.3 Å². The van der Waals surface area contributed by atoms with E-state index in [1.165, 1.54) is 18.5 Å². The van der Waals surface area contributed by atoms with Crippen LogP contribution in [0.3, 0.4) is 0 Å². The first-order valence-corrected chi connectivity index (χ1v) is 8.39. The number of ether oxygens (including phenoxy) is 1. The van der Waals surface area contributed by atoms with Crippen LogP contribution >= 0.6 is 0 Å². The van der Waals surface area contributed by atoms with Crippen LogP contribution < -0.4 is 15.0 Å². The average Bonchev–Trinajstić information content (AvgIpc) is 2.55. The van der Waals surface area contributed by atoms with Crippen LogP contribution in [0.5, 0.6) is 5.75 Å². The molecule has 21 heavy (non-hydrogen) atoms. The highest BCUT2D eigenvalue weighted by molar-refractivity contribution is 5.51. The van der Waals surface area contributed by atoms with Gasteiger partial charge in [0.15, 0.2) is 0 Å². The minimum Gasteiger partial charge on any atom is -0.491 e. The van der Waals surface area contributed by atoms with E-state index in [0.29, 0.717) is 0 Å². The summed E-state index contributed by atoms with van der Waals surface area (Å²) >= 11 is 0. The second kappa shape index (κ2) is 7.17. The van der Waals surface area contributed by atoms with Crippen molar-refractivity contribution in [2.45, 2.75) is 58.6 Å². The molecule has 0 aliphatic carbocycles. The van der Waals surface area contributed by atoms with Gasteiger partial charge in [-0.1, -0.05) is 26.8 Å². The van der Waals surface area contributed by atoms with Crippen LogP contribution in [0.25, 0.3) is 0 Å². The molecular formula is C18H30N2O. The number of nitrogens with one attached hydrogen (secondary N) is 1. The third-order valence-corrected chi connectivity index (χ3v) is 4.82. The van der Waals surface area contributed by atoms with Gasteiger partial charge < -0.3 is 15.0 Å². The standard InChI is InChI=1S/C18H30N2O/c1-5-15(4)21-17-10-8-9-16(13-17)20-12-11-19-18(6-2,7-3)14-20/h8-10,13,15,19H,5-7,11-12,14H2,1-4H3. The highest BCUT2D eigenvalue weighted by atomic mass is 16.5. The molecule has 1 fully saturated rings. The Balaban J connectivity index is 2.12. The SMILES string of the molecule is CCC(C)Oc1cccc(N2CCNC(CC)(CC)C2)c1. The molecule has 0 aromatic heterocycles. The van der Waals surface area contributed by atoms with Gasteiger partial charge in [-0.05, 0) is 38.3 Å². The van der Waals surface area contributed by atoms with Crippen LogP contribution in [0.2, 0.25) is 0 Å². The molecule has 0 saturated carbocycles. The Bertz CT molecular complexity index is 443. The van der Waals surface area contributed by atoms with E-state index >= 15 is 0 Å². The summed E-state index contributed by atoms with van der Waals surface area (Å²) in [7, 11) is 0. The Morgan fingerprint density at radius 2 is 2.05 bits per heavy atom. The lowest BCUT2D eigenvalue weighted by Crippen LogP contribution is -2.60. The number of hydrogen-bond acceptors (Lipinski definition) is 3. The minimum atomic E-state index is 0.256. The lowest BCUT2D eigenvalue weighted by Gasteiger charge is -2.44. The molecule has 1 N–H and O–H groups in total. The van der Waals surface area contributed by atoms with E-state index in [9.17, 15) is 0 Å². The molecule has 0 spiro atoms.